The molecule has 3 spiro atoms. The molecule has 500 valence electrons. The third kappa shape index (κ3) is 11.3. The maximum absolute atomic E-state index is 13.7. The molecule has 3 saturated carbocycles. The molecule has 15 aliphatic rings. The largest absolute Gasteiger partial charge is 0.463 e. The fourth-order valence-electron chi connectivity index (χ4n) is 17.9. The van der Waals surface area contributed by atoms with Crippen molar-refractivity contribution in [1.82, 2.24) is 4.90 Å². The molecule has 3 aliphatic carbocycles. The van der Waals surface area contributed by atoms with Gasteiger partial charge in [-0.25, -0.2) is 29.3 Å². The lowest BCUT2D eigenvalue weighted by molar-refractivity contribution is -0.586. The molecule has 0 amide bonds. The van der Waals surface area contributed by atoms with Crippen LogP contribution in [0.4, 0.5) is 0 Å². The van der Waals surface area contributed by atoms with Crippen LogP contribution in [0.1, 0.15) is 185 Å². The van der Waals surface area contributed by atoms with Gasteiger partial charge in [0.05, 0.1) is 38.5 Å². The minimum atomic E-state index is -1.52. The molecule has 25 heteroatoms. The molecule has 0 radical (unpaired) electrons. The number of hydrogen-bond acceptors (Lipinski definition) is 25. The molecule has 12 saturated heterocycles. The lowest BCUT2D eigenvalue weighted by Gasteiger charge is -2.65. The normalized spacial score (nSPS) is 47.1. The van der Waals surface area contributed by atoms with E-state index in [1.165, 1.54) is 0 Å². The van der Waals surface area contributed by atoms with E-state index >= 15 is 0 Å². The number of fused-ring (bicyclic) bond motifs is 6. The summed E-state index contributed by atoms with van der Waals surface area (Å²) < 4.78 is 73.9. The second-order valence-electron chi connectivity index (χ2n) is 29.5. The Kier molecular flexibility index (Phi) is 17.8. The van der Waals surface area contributed by atoms with Crippen molar-refractivity contribution in [2.75, 3.05) is 33.9 Å². The average Bonchev–Trinajstić information content (AvgIpc) is 1.70. The number of carbonyl (C=O) groups excluding carboxylic acids is 6. The second-order valence-corrected chi connectivity index (χ2v) is 29.5. The Morgan fingerprint density at radius 2 is 0.787 bits per heavy atom. The third-order valence-corrected chi connectivity index (χ3v) is 23.9. The van der Waals surface area contributed by atoms with Crippen LogP contribution in [-0.4, -0.2) is 152 Å². The zero-order valence-corrected chi connectivity index (χ0v) is 53.9. The number of likely N-dealkylation sites (N-methyl/N-ethyl adjacent to an activating group) is 1. The van der Waals surface area contributed by atoms with Crippen molar-refractivity contribution in [1.29, 1.82) is 0 Å². The van der Waals surface area contributed by atoms with E-state index in [1.807, 2.05) is 41.5 Å². The molecule has 12 aliphatic heterocycles. The highest BCUT2D eigenvalue weighted by Crippen LogP contribution is 2.67. The van der Waals surface area contributed by atoms with Gasteiger partial charge in [-0.3, -0.25) is 33.7 Å². The molecule has 6 bridgehead atoms. The second kappa shape index (κ2) is 24.3. The summed E-state index contributed by atoms with van der Waals surface area (Å²) in [6.45, 7) is 18.6. The lowest BCUT2D eigenvalue weighted by Crippen LogP contribution is -2.74. The number of esters is 6. The highest BCUT2D eigenvalue weighted by molar-refractivity contribution is 5.79. The first-order chi connectivity index (χ1) is 42.1. The van der Waals surface area contributed by atoms with Crippen LogP contribution in [0.5, 0.6) is 0 Å². The van der Waals surface area contributed by atoms with Crippen molar-refractivity contribution in [2.45, 2.75) is 262 Å². The smallest absolute Gasteiger partial charge is 0.308 e. The third-order valence-electron chi connectivity index (χ3n) is 23.9. The van der Waals surface area contributed by atoms with Gasteiger partial charge in [0.1, 0.15) is 25.4 Å². The van der Waals surface area contributed by atoms with E-state index in [4.69, 9.17) is 86.2 Å². The molecule has 25 nitrogen and oxygen atoms in total. The van der Waals surface area contributed by atoms with Crippen LogP contribution in [0.25, 0.3) is 0 Å². The molecule has 0 aromatic heterocycles. The highest BCUT2D eigenvalue weighted by atomic mass is 17.3. The Balaban J connectivity index is 0.668. The first-order valence-corrected chi connectivity index (χ1v) is 32.9. The van der Waals surface area contributed by atoms with Gasteiger partial charge < -0.3 is 56.8 Å². The van der Waals surface area contributed by atoms with Gasteiger partial charge >= 0.3 is 35.8 Å². The summed E-state index contributed by atoms with van der Waals surface area (Å²) in [4.78, 5) is 120. The van der Waals surface area contributed by atoms with E-state index in [2.05, 4.69) is 27.7 Å². The van der Waals surface area contributed by atoms with Crippen LogP contribution in [0.15, 0.2) is 0 Å². The molecule has 12 heterocycles. The SMILES string of the molecule is C[C@H]1[C@H](OC(=O)CCC(=O)OCC(COC(=O)CCC(=O)O[C@@H]2O[C@@H]3O[C@]4(C)CC[C@H]5[C@H](C)CC[C@@H]([C@H]2C)[C@@]35OO4)(COC(=O)CCC(=O)O[C@@H]2O[C@@H]3O[C@]4(C)CC[C@H]5[C@H](C)CC[C@@](C)([C@H]2C)[C@@]35OO4)N(C)C)O[C@@H]2O[C@]3(C)CC[C@H]4[C@H](C)CC[C@@H]1[C@@]24OO3. The number of carbonyl (C=O) groups is 6. The fourth-order valence-corrected chi connectivity index (χ4v) is 17.9. The van der Waals surface area contributed by atoms with Gasteiger partial charge in [-0.15, -0.1) is 0 Å². The Bertz CT molecular complexity index is 2590. The Labute approximate surface area is 520 Å². The minimum Gasteiger partial charge on any atom is -0.463 e. The first kappa shape index (κ1) is 65.4. The number of nitrogens with zero attached hydrogens (tertiary/aromatic N) is 1. The Hall–Kier alpha value is -3.70. The summed E-state index contributed by atoms with van der Waals surface area (Å²) in [5, 5.41) is 0. The molecule has 89 heavy (non-hydrogen) atoms. The van der Waals surface area contributed by atoms with Gasteiger partial charge in [0, 0.05) is 54.3 Å². The van der Waals surface area contributed by atoms with Gasteiger partial charge in [-0.05, 0) is 128 Å². The summed E-state index contributed by atoms with van der Waals surface area (Å²) >= 11 is 0. The molecular formula is C64H95NO24. The Morgan fingerprint density at radius 3 is 1.22 bits per heavy atom. The summed E-state index contributed by atoms with van der Waals surface area (Å²) in [5.74, 6) is -7.43. The number of hydrogen-bond donors (Lipinski definition) is 0. The zero-order valence-electron chi connectivity index (χ0n) is 53.9. The summed E-state index contributed by atoms with van der Waals surface area (Å²) in [6.07, 6.45) is 1.67. The summed E-state index contributed by atoms with van der Waals surface area (Å²) in [7, 11) is 3.23. The average molecular weight is 1260 g/mol. The van der Waals surface area contributed by atoms with Crippen molar-refractivity contribution in [3.8, 4) is 0 Å². The molecule has 0 aromatic carbocycles. The molecule has 0 N–H and O–H groups in total. The van der Waals surface area contributed by atoms with Gasteiger partial charge in [0.15, 0.2) is 35.7 Å². The Morgan fingerprint density at radius 1 is 0.416 bits per heavy atom. The van der Waals surface area contributed by atoms with Gasteiger partial charge in [-0.2, -0.15) is 0 Å². The molecule has 0 aromatic rings. The maximum Gasteiger partial charge on any atom is 0.308 e. The lowest BCUT2D eigenvalue weighted by atomic mass is 9.50. The van der Waals surface area contributed by atoms with Crippen molar-refractivity contribution in [3.05, 3.63) is 0 Å². The highest BCUT2D eigenvalue weighted by Gasteiger charge is 2.76. The number of ether oxygens (including phenoxy) is 12. The van der Waals surface area contributed by atoms with Crippen LogP contribution in [-0.2, 0) is 115 Å². The van der Waals surface area contributed by atoms with Crippen molar-refractivity contribution in [3.63, 3.8) is 0 Å². The minimum absolute atomic E-state index is 0.0815. The molecule has 15 rings (SSSR count). The summed E-state index contributed by atoms with van der Waals surface area (Å²) in [5.41, 5.74) is -4.72. The van der Waals surface area contributed by atoms with E-state index in [0.29, 0.717) is 37.0 Å². The van der Waals surface area contributed by atoms with Gasteiger partial charge in [0.2, 0.25) is 36.2 Å². The quantitative estimate of drug-likeness (QED) is 0.0675. The van der Waals surface area contributed by atoms with Crippen molar-refractivity contribution >= 4 is 35.8 Å². The van der Waals surface area contributed by atoms with Crippen LogP contribution < -0.4 is 0 Å². The van der Waals surface area contributed by atoms with Crippen molar-refractivity contribution in [2.24, 2.45) is 70.5 Å². The fraction of sp³-hybridized carbons (Fsp3) is 0.906. The van der Waals surface area contributed by atoms with Crippen LogP contribution >= 0.6 is 0 Å². The molecule has 15 fully saturated rings. The topological polar surface area (TPSA) is 272 Å². The van der Waals surface area contributed by atoms with Crippen LogP contribution in [0, 0.1) is 70.5 Å². The molecular weight excluding hydrogens is 1170 g/mol. The van der Waals surface area contributed by atoms with Gasteiger partial charge in [0.25, 0.3) is 0 Å². The van der Waals surface area contributed by atoms with Crippen LogP contribution in [0.2, 0.25) is 0 Å². The molecule has 0 unspecified atom stereocenters. The van der Waals surface area contributed by atoms with Gasteiger partial charge in [-0.1, -0.05) is 48.5 Å². The molecule has 24 atom stereocenters. The standard InChI is InChI=1S/C64H95NO24/c1-34-13-15-43-37(4)51(78-54-62(43)40(34)24-28-58(8,81-54)84-87-62)75-48(69)20-17-45(66)72-31-61(65(11)12,32-73-46(67)18-21-49(70)76-52-38(5)44-16-14-35(2)41-25-29-59(9)82-55(79-52)63(41,44)88-85-59)33-74-47(68)19-22-50(71)77-53-39(6)57(7)27-23-36(3)42-26-30-60(10)83-56(80-53)64(42,57)89-86-60/h34-44,51-56H,13-33H2,1-12H3/t34-,35-,36-,37-,38-,39+,40+,41+,42+,43+,44+,51-,52-,53-,54-,55-,56-,57+,58+,59+,60+,62-,63-,64+/m1/s1. The summed E-state index contributed by atoms with van der Waals surface area (Å²) in [6, 6.07) is 0. The van der Waals surface area contributed by atoms with Crippen molar-refractivity contribution < 1.29 is 115 Å². The van der Waals surface area contributed by atoms with E-state index < -0.39 is 158 Å². The van der Waals surface area contributed by atoms with Crippen LogP contribution in [0.3, 0.4) is 0 Å². The van der Waals surface area contributed by atoms with E-state index in [1.54, 1.807) is 19.0 Å². The predicted octanol–water partition coefficient (Wildman–Crippen LogP) is 7.90. The van der Waals surface area contributed by atoms with E-state index in [-0.39, 0.29) is 66.6 Å². The van der Waals surface area contributed by atoms with E-state index in [0.717, 1.165) is 57.8 Å². The predicted molar refractivity (Wildman–Crippen MR) is 300 cm³/mol. The zero-order chi connectivity index (χ0) is 63.4. The maximum atomic E-state index is 13.7. The van der Waals surface area contributed by atoms with E-state index in [9.17, 15) is 28.8 Å². The number of rotatable bonds is 19. The monoisotopic (exact) mass is 1260 g/mol. The first-order valence-electron chi connectivity index (χ1n) is 32.9.